The summed E-state index contributed by atoms with van der Waals surface area (Å²) in [5.41, 5.74) is 0.523. The van der Waals surface area contributed by atoms with Gasteiger partial charge >= 0.3 is 0 Å². The van der Waals surface area contributed by atoms with Crippen LogP contribution in [0.4, 0.5) is 5.82 Å². The number of aromatic nitrogens is 3. The molecular formula is C15H16Cl2N4O2. The largest absolute Gasteiger partial charge is 0.388 e. The molecule has 1 aliphatic heterocycles. The van der Waals surface area contributed by atoms with E-state index in [4.69, 9.17) is 23.2 Å². The van der Waals surface area contributed by atoms with Crippen LogP contribution in [-0.2, 0) is 13.0 Å². The molecule has 122 valence electrons. The summed E-state index contributed by atoms with van der Waals surface area (Å²) >= 11 is 11.8. The second kappa shape index (κ2) is 6.86. The summed E-state index contributed by atoms with van der Waals surface area (Å²) in [6, 6.07) is 5.01. The van der Waals surface area contributed by atoms with E-state index in [2.05, 4.69) is 15.5 Å². The Hall–Kier alpha value is -1.63. The Morgan fingerprint density at radius 2 is 2.13 bits per heavy atom. The van der Waals surface area contributed by atoms with E-state index >= 15 is 0 Å². The average molecular weight is 355 g/mol. The maximum Gasteiger partial charge on any atom is 0.296 e. The summed E-state index contributed by atoms with van der Waals surface area (Å²) in [5, 5.41) is 22.0. The van der Waals surface area contributed by atoms with Crippen LogP contribution in [0.3, 0.4) is 0 Å². The Morgan fingerprint density at radius 3 is 2.91 bits per heavy atom. The van der Waals surface area contributed by atoms with E-state index in [1.807, 2.05) is 0 Å². The van der Waals surface area contributed by atoms with Crippen LogP contribution in [0.15, 0.2) is 23.0 Å². The number of hydrogen-bond acceptors (Lipinski definition) is 5. The third-order valence-corrected chi connectivity index (χ3v) is 4.58. The van der Waals surface area contributed by atoms with E-state index in [0.29, 0.717) is 35.1 Å². The predicted octanol–water partition coefficient (Wildman–Crippen LogP) is 2.43. The third-order valence-electron chi connectivity index (χ3n) is 3.85. The van der Waals surface area contributed by atoms with Crippen LogP contribution in [0.1, 0.15) is 30.3 Å². The molecular weight excluding hydrogens is 339 g/mol. The number of aliphatic hydroxyl groups excluding tert-OH is 1. The van der Waals surface area contributed by atoms with Crippen LogP contribution < -0.4 is 10.9 Å². The van der Waals surface area contributed by atoms with Crippen LogP contribution in [0.2, 0.25) is 10.0 Å². The SMILES string of the molecule is O=c1c(NCCC(O)c2ccc(Cl)c(Cl)c2)nnc2n1CCC2. The molecule has 0 saturated heterocycles. The number of benzene rings is 1. The maximum atomic E-state index is 12.2. The number of rotatable bonds is 5. The molecule has 3 rings (SSSR count). The second-order valence-electron chi connectivity index (χ2n) is 5.43. The number of aliphatic hydroxyl groups is 1. The summed E-state index contributed by atoms with van der Waals surface area (Å²) in [5.74, 6) is 0.952. The highest BCUT2D eigenvalue weighted by Crippen LogP contribution is 2.26. The molecule has 6 nitrogen and oxygen atoms in total. The lowest BCUT2D eigenvalue weighted by Crippen LogP contribution is -2.26. The Morgan fingerprint density at radius 1 is 1.30 bits per heavy atom. The first-order valence-electron chi connectivity index (χ1n) is 7.39. The van der Waals surface area contributed by atoms with Crippen LogP contribution in [0.25, 0.3) is 0 Å². The Kier molecular flexibility index (Phi) is 4.84. The number of fused-ring (bicyclic) bond motifs is 1. The van der Waals surface area contributed by atoms with Gasteiger partial charge in [-0.15, -0.1) is 10.2 Å². The number of nitrogens with zero attached hydrogens (tertiary/aromatic N) is 3. The zero-order valence-corrected chi connectivity index (χ0v) is 13.8. The van der Waals surface area contributed by atoms with Crippen molar-refractivity contribution in [1.82, 2.24) is 14.8 Å². The van der Waals surface area contributed by atoms with Gasteiger partial charge in [0.1, 0.15) is 5.82 Å². The summed E-state index contributed by atoms with van der Waals surface area (Å²) in [4.78, 5) is 12.2. The van der Waals surface area contributed by atoms with Crippen molar-refractivity contribution in [2.24, 2.45) is 0 Å². The minimum absolute atomic E-state index is 0.156. The van der Waals surface area contributed by atoms with E-state index in [9.17, 15) is 9.90 Å². The summed E-state index contributed by atoms with van der Waals surface area (Å²) in [7, 11) is 0. The highest BCUT2D eigenvalue weighted by atomic mass is 35.5. The van der Waals surface area contributed by atoms with Gasteiger partial charge in [-0.05, 0) is 30.5 Å². The molecule has 0 amide bonds. The molecule has 1 atom stereocenters. The average Bonchev–Trinajstić information content (AvgIpc) is 3.01. The normalized spacial score (nSPS) is 14.6. The van der Waals surface area contributed by atoms with Crippen molar-refractivity contribution >= 4 is 29.0 Å². The van der Waals surface area contributed by atoms with Crippen molar-refractivity contribution in [3.8, 4) is 0 Å². The molecule has 1 unspecified atom stereocenters. The van der Waals surface area contributed by atoms with E-state index in [1.165, 1.54) is 0 Å². The number of halogens is 2. The van der Waals surface area contributed by atoms with Gasteiger partial charge in [0.15, 0.2) is 0 Å². The molecule has 2 N–H and O–H groups in total. The van der Waals surface area contributed by atoms with E-state index < -0.39 is 6.10 Å². The molecule has 0 bridgehead atoms. The first kappa shape index (κ1) is 16.2. The Bertz CT molecular complexity index is 779. The molecule has 8 heteroatoms. The molecule has 1 aromatic heterocycles. The lowest BCUT2D eigenvalue weighted by atomic mass is 10.1. The fourth-order valence-corrected chi connectivity index (χ4v) is 2.89. The molecule has 2 aromatic rings. The Labute approximate surface area is 143 Å². The van der Waals surface area contributed by atoms with Crippen LogP contribution in [0.5, 0.6) is 0 Å². The van der Waals surface area contributed by atoms with E-state index in [0.717, 1.165) is 18.7 Å². The number of aryl methyl sites for hydroxylation is 1. The number of hydrogen-bond donors (Lipinski definition) is 2. The van der Waals surface area contributed by atoms with Crippen LogP contribution in [-0.4, -0.2) is 26.4 Å². The van der Waals surface area contributed by atoms with Crippen molar-refractivity contribution in [3.05, 3.63) is 50.0 Å². The lowest BCUT2D eigenvalue weighted by molar-refractivity contribution is 0.171. The second-order valence-corrected chi connectivity index (χ2v) is 6.24. The third kappa shape index (κ3) is 3.49. The van der Waals surface area contributed by atoms with Crippen molar-refractivity contribution in [2.75, 3.05) is 11.9 Å². The highest BCUT2D eigenvalue weighted by molar-refractivity contribution is 6.42. The Balaban J connectivity index is 1.61. The monoisotopic (exact) mass is 354 g/mol. The predicted molar refractivity (Wildman–Crippen MR) is 89.1 cm³/mol. The van der Waals surface area contributed by atoms with Crippen LogP contribution in [0, 0.1) is 0 Å². The van der Waals surface area contributed by atoms with Crippen molar-refractivity contribution in [3.63, 3.8) is 0 Å². The number of nitrogens with one attached hydrogen (secondary N) is 1. The van der Waals surface area contributed by atoms with Gasteiger partial charge in [0.05, 0.1) is 16.1 Å². The van der Waals surface area contributed by atoms with Gasteiger partial charge in [0.25, 0.3) is 5.56 Å². The lowest BCUT2D eigenvalue weighted by Gasteiger charge is -2.13. The molecule has 0 fully saturated rings. The molecule has 23 heavy (non-hydrogen) atoms. The first-order chi connectivity index (χ1) is 11.1. The standard InChI is InChI=1S/C15H16Cl2N4O2/c16-10-4-3-9(8-11(10)17)12(22)5-6-18-14-15(23)21-7-1-2-13(21)19-20-14/h3-4,8,12,22H,1-2,5-7H2,(H,18,20). The molecule has 2 heterocycles. The first-order valence-corrected chi connectivity index (χ1v) is 8.15. The fourth-order valence-electron chi connectivity index (χ4n) is 2.58. The molecule has 1 aliphatic rings. The molecule has 1 aromatic carbocycles. The minimum Gasteiger partial charge on any atom is -0.388 e. The van der Waals surface area contributed by atoms with Gasteiger partial charge in [-0.1, -0.05) is 29.3 Å². The topological polar surface area (TPSA) is 80.0 Å². The summed E-state index contributed by atoms with van der Waals surface area (Å²) in [6.45, 7) is 1.08. The van der Waals surface area contributed by atoms with Gasteiger partial charge < -0.3 is 10.4 Å². The van der Waals surface area contributed by atoms with E-state index in [-0.39, 0.29) is 11.4 Å². The highest BCUT2D eigenvalue weighted by Gasteiger charge is 2.17. The summed E-state index contributed by atoms with van der Waals surface area (Å²) in [6.07, 6.45) is 1.41. The van der Waals surface area contributed by atoms with E-state index in [1.54, 1.807) is 22.8 Å². The zero-order valence-electron chi connectivity index (χ0n) is 12.3. The maximum absolute atomic E-state index is 12.2. The van der Waals surface area contributed by atoms with Gasteiger partial charge in [-0.2, -0.15) is 0 Å². The van der Waals surface area contributed by atoms with Gasteiger partial charge in [-0.3, -0.25) is 9.36 Å². The minimum atomic E-state index is -0.706. The zero-order chi connectivity index (χ0) is 16.4. The fraction of sp³-hybridized carbons (Fsp3) is 0.400. The van der Waals surface area contributed by atoms with Crippen molar-refractivity contribution in [1.29, 1.82) is 0 Å². The quantitative estimate of drug-likeness (QED) is 0.861. The molecule has 0 spiro atoms. The van der Waals surface area contributed by atoms with Crippen molar-refractivity contribution in [2.45, 2.75) is 31.9 Å². The van der Waals surface area contributed by atoms with Gasteiger partial charge in [0.2, 0.25) is 5.82 Å². The number of anilines is 1. The van der Waals surface area contributed by atoms with Crippen LogP contribution >= 0.6 is 23.2 Å². The summed E-state index contributed by atoms with van der Waals surface area (Å²) < 4.78 is 1.64. The van der Waals surface area contributed by atoms with Gasteiger partial charge in [-0.25, -0.2) is 0 Å². The molecule has 0 saturated carbocycles. The van der Waals surface area contributed by atoms with Gasteiger partial charge in [0, 0.05) is 19.5 Å². The smallest absolute Gasteiger partial charge is 0.296 e. The van der Waals surface area contributed by atoms with Crippen molar-refractivity contribution < 1.29 is 5.11 Å². The molecule has 0 aliphatic carbocycles. The molecule has 0 radical (unpaired) electrons.